The molecule has 1 fully saturated rings. The van der Waals surface area contributed by atoms with E-state index in [2.05, 4.69) is 4.74 Å². The maximum absolute atomic E-state index is 13.1. The maximum atomic E-state index is 13.1. The Hall–Kier alpha value is -2.30. The van der Waals surface area contributed by atoms with Crippen LogP contribution >= 0.6 is 0 Å². The van der Waals surface area contributed by atoms with Crippen LogP contribution in [0.4, 0.5) is 8.78 Å². The molecule has 0 aromatic heterocycles. The number of alkyl halides is 2. The zero-order chi connectivity index (χ0) is 18.9. The molecule has 26 heavy (non-hydrogen) atoms. The summed E-state index contributed by atoms with van der Waals surface area (Å²) in [4.78, 5) is 11.2. The second-order valence-electron chi connectivity index (χ2n) is 5.68. The lowest BCUT2D eigenvalue weighted by molar-refractivity contribution is -0.162. The highest BCUT2D eigenvalue weighted by Gasteiger charge is 2.54. The van der Waals surface area contributed by atoms with E-state index in [-0.39, 0.29) is 6.10 Å². The predicted molar refractivity (Wildman–Crippen MR) is 85.5 cm³/mol. The molecule has 1 saturated heterocycles. The number of esters is 1. The highest BCUT2D eigenvalue weighted by atomic mass is 32.2. The smallest absolute Gasteiger partial charge is 0.465 e. The van der Waals surface area contributed by atoms with Gasteiger partial charge in [0.25, 0.3) is 0 Å². The first-order valence-electron chi connectivity index (χ1n) is 7.46. The Bertz CT molecular complexity index is 939. The molecule has 1 aliphatic rings. The minimum absolute atomic E-state index is 0.128. The molecule has 1 heterocycles. The summed E-state index contributed by atoms with van der Waals surface area (Å²) in [6, 6.07) is 10.1. The van der Waals surface area contributed by atoms with Gasteiger partial charge in [-0.15, -0.1) is 0 Å². The number of carbonyl (C=O) groups is 1. The van der Waals surface area contributed by atoms with E-state index < -0.39 is 27.9 Å². The second kappa shape index (κ2) is 6.78. The Morgan fingerprint density at radius 3 is 2.54 bits per heavy atom. The summed E-state index contributed by atoms with van der Waals surface area (Å²) < 4.78 is 70.5. The first kappa shape index (κ1) is 18.5. The zero-order valence-corrected chi connectivity index (χ0v) is 14.0. The Morgan fingerprint density at radius 1 is 1.23 bits per heavy atom. The summed E-state index contributed by atoms with van der Waals surface area (Å²) in [5.41, 5.74) is 0.372. The molecule has 0 bridgehead atoms. The van der Waals surface area contributed by atoms with Gasteiger partial charge in [0.15, 0.2) is 0 Å². The standard InChI is InChI=1S/C16H14F2O7S/c17-16(18,26(20,21)22)15(19)25-7-10-1-2-12-6-13(4-3-11(12)5-10)23-8-14-9-24-14/h1-6,14H,7-9H2,(H,20,21,22). The number of fused-ring (bicyclic) bond motifs is 1. The number of ether oxygens (including phenoxy) is 3. The Balaban J connectivity index is 1.67. The third kappa shape index (κ3) is 4.09. The molecule has 3 rings (SSSR count). The van der Waals surface area contributed by atoms with Crippen LogP contribution in [0.15, 0.2) is 36.4 Å². The topological polar surface area (TPSA) is 102 Å². The van der Waals surface area contributed by atoms with Crippen molar-refractivity contribution < 1.29 is 40.8 Å². The fraction of sp³-hybridized carbons (Fsp3) is 0.312. The van der Waals surface area contributed by atoms with Gasteiger partial charge in [-0.1, -0.05) is 18.2 Å². The number of hydrogen-bond donors (Lipinski definition) is 1. The van der Waals surface area contributed by atoms with Gasteiger partial charge in [-0.05, 0) is 34.5 Å². The fourth-order valence-electron chi connectivity index (χ4n) is 2.14. The van der Waals surface area contributed by atoms with Gasteiger partial charge in [-0.25, -0.2) is 4.79 Å². The molecular formula is C16H14F2O7S. The van der Waals surface area contributed by atoms with Gasteiger partial charge in [0.2, 0.25) is 0 Å². The van der Waals surface area contributed by atoms with E-state index in [1.807, 2.05) is 0 Å². The normalized spacial score (nSPS) is 17.1. The van der Waals surface area contributed by atoms with E-state index in [4.69, 9.17) is 14.0 Å². The van der Waals surface area contributed by atoms with Crippen LogP contribution < -0.4 is 4.74 Å². The van der Waals surface area contributed by atoms with Gasteiger partial charge < -0.3 is 14.2 Å². The Morgan fingerprint density at radius 2 is 1.88 bits per heavy atom. The quantitative estimate of drug-likeness (QED) is 0.440. The van der Waals surface area contributed by atoms with Crippen LogP contribution in [0.1, 0.15) is 5.56 Å². The van der Waals surface area contributed by atoms with Gasteiger partial charge in [-0.2, -0.15) is 17.2 Å². The summed E-state index contributed by atoms with van der Waals surface area (Å²) in [6.45, 7) is 0.574. The lowest BCUT2D eigenvalue weighted by Crippen LogP contribution is -2.38. The maximum Gasteiger partial charge on any atom is 0.465 e. The van der Waals surface area contributed by atoms with E-state index in [9.17, 15) is 22.0 Å². The molecule has 1 aliphatic heterocycles. The molecule has 2 aromatic carbocycles. The summed E-state index contributed by atoms with van der Waals surface area (Å²) >= 11 is 0. The van der Waals surface area contributed by atoms with Crippen LogP contribution in [-0.2, 0) is 31.0 Å². The monoisotopic (exact) mass is 388 g/mol. The minimum Gasteiger partial charge on any atom is -0.491 e. The van der Waals surface area contributed by atoms with Crippen molar-refractivity contribution in [1.29, 1.82) is 0 Å². The minimum atomic E-state index is -5.88. The molecule has 140 valence electrons. The number of halogens is 2. The van der Waals surface area contributed by atoms with Gasteiger partial charge in [0.05, 0.1) is 6.61 Å². The van der Waals surface area contributed by atoms with E-state index in [1.165, 1.54) is 6.07 Å². The summed E-state index contributed by atoms with van der Waals surface area (Å²) in [5, 5.41) is -3.45. The number of carbonyl (C=O) groups excluding carboxylic acids is 1. The van der Waals surface area contributed by atoms with Crippen molar-refractivity contribution in [2.24, 2.45) is 0 Å². The third-order valence-corrected chi connectivity index (χ3v) is 4.46. The van der Waals surface area contributed by atoms with E-state index in [0.29, 0.717) is 24.5 Å². The average molecular weight is 388 g/mol. The van der Waals surface area contributed by atoms with E-state index in [1.54, 1.807) is 30.3 Å². The molecular weight excluding hydrogens is 374 g/mol. The SMILES string of the molecule is O=C(OCc1ccc2cc(OCC3CO3)ccc2c1)C(F)(F)S(=O)(=O)O. The highest BCUT2D eigenvalue weighted by Crippen LogP contribution is 2.25. The number of rotatable bonds is 7. The van der Waals surface area contributed by atoms with Gasteiger partial charge in [0, 0.05) is 0 Å². The summed E-state index contributed by atoms with van der Waals surface area (Å²) in [6.07, 6.45) is 0.128. The molecule has 1 unspecified atom stereocenters. The first-order chi connectivity index (χ1) is 12.2. The second-order valence-corrected chi connectivity index (χ2v) is 7.14. The molecule has 2 aromatic rings. The Kier molecular flexibility index (Phi) is 4.82. The van der Waals surface area contributed by atoms with Crippen molar-refractivity contribution in [3.05, 3.63) is 42.0 Å². The van der Waals surface area contributed by atoms with Crippen LogP contribution in [0.3, 0.4) is 0 Å². The van der Waals surface area contributed by atoms with Gasteiger partial charge in [0.1, 0.15) is 25.1 Å². The molecule has 1 N–H and O–H groups in total. The van der Waals surface area contributed by atoms with Crippen molar-refractivity contribution in [1.82, 2.24) is 0 Å². The Labute approximate surface area is 147 Å². The van der Waals surface area contributed by atoms with Crippen LogP contribution in [0.25, 0.3) is 10.8 Å². The summed E-state index contributed by atoms with van der Waals surface area (Å²) in [7, 11) is -5.88. The van der Waals surface area contributed by atoms with Crippen LogP contribution in [0, 0.1) is 0 Å². The number of epoxide rings is 1. The molecule has 0 radical (unpaired) electrons. The van der Waals surface area contributed by atoms with Gasteiger partial charge in [-0.3, -0.25) is 4.55 Å². The van der Waals surface area contributed by atoms with E-state index in [0.717, 1.165) is 10.8 Å². The molecule has 7 nitrogen and oxygen atoms in total. The van der Waals surface area contributed by atoms with Gasteiger partial charge >= 0.3 is 21.3 Å². The highest BCUT2D eigenvalue weighted by molar-refractivity contribution is 7.87. The molecule has 0 aliphatic carbocycles. The largest absolute Gasteiger partial charge is 0.491 e. The van der Waals surface area contributed by atoms with Crippen molar-refractivity contribution in [2.75, 3.05) is 13.2 Å². The summed E-state index contributed by atoms with van der Waals surface area (Å²) in [5.74, 6) is -1.69. The lowest BCUT2D eigenvalue weighted by atomic mass is 10.1. The number of benzene rings is 2. The first-order valence-corrected chi connectivity index (χ1v) is 8.90. The van der Waals surface area contributed by atoms with Crippen molar-refractivity contribution in [2.45, 2.75) is 18.0 Å². The molecule has 1 atom stereocenters. The van der Waals surface area contributed by atoms with Crippen molar-refractivity contribution >= 4 is 26.9 Å². The van der Waals surface area contributed by atoms with Crippen LogP contribution in [0.2, 0.25) is 0 Å². The van der Waals surface area contributed by atoms with Crippen molar-refractivity contribution in [3.63, 3.8) is 0 Å². The molecule has 10 heteroatoms. The van der Waals surface area contributed by atoms with E-state index >= 15 is 0 Å². The third-order valence-electron chi connectivity index (χ3n) is 3.65. The molecule has 0 amide bonds. The van der Waals surface area contributed by atoms with Crippen molar-refractivity contribution in [3.8, 4) is 5.75 Å². The zero-order valence-electron chi connectivity index (χ0n) is 13.2. The predicted octanol–water partition coefficient (Wildman–Crippen LogP) is 2.14. The number of hydrogen-bond acceptors (Lipinski definition) is 6. The fourth-order valence-corrected chi connectivity index (χ4v) is 2.41. The van der Waals surface area contributed by atoms with Crippen LogP contribution in [0.5, 0.6) is 5.75 Å². The molecule has 0 spiro atoms. The molecule has 0 saturated carbocycles. The van der Waals surface area contributed by atoms with Crippen LogP contribution in [-0.4, -0.2) is 43.5 Å². The average Bonchev–Trinajstić information content (AvgIpc) is 3.40. The lowest BCUT2D eigenvalue weighted by Gasteiger charge is -2.12.